The third-order valence-electron chi connectivity index (χ3n) is 3.22. The Bertz CT molecular complexity index is 474. The van der Waals surface area contributed by atoms with Gasteiger partial charge in [-0.25, -0.2) is 0 Å². The molecule has 1 unspecified atom stereocenters. The SMILES string of the molecule is O=C1CCC(O)CN1c1ccc2c(c1)OCCO2. The van der Waals surface area contributed by atoms with Gasteiger partial charge in [0.25, 0.3) is 0 Å². The minimum atomic E-state index is -0.448. The molecular formula is C13H15NO4. The van der Waals surface area contributed by atoms with E-state index in [1.807, 2.05) is 6.07 Å². The summed E-state index contributed by atoms with van der Waals surface area (Å²) in [5.74, 6) is 1.40. The fraction of sp³-hybridized carbons (Fsp3) is 0.462. The van der Waals surface area contributed by atoms with Crippen LogP contribution in [0.15, 0.2) is 18.2 Å². The summed E-state index contributed by atoms with van der Waals surface area (Å²) in [5, 5.41) is 9.65. The molecule has 2 aliphatic rings. The number of aliphatic hydroxyl groups excluding tert-OH is 1. The van der Waals surface area contributed by atoms with Gasteiger partial charge in [0, 0.05) is 18.2 Å². The molecule has 1 amide bonds. The number of amides is 1. The van der Waals surface area contributed by atoms with E-state index in [1.54, 1.807) is 17.0 Å². The zero-order valence-corrected chi connectivity index (χ0v) is 9.96. The Hall–Kier alpha value is -1.75. The molecule has 5 heteroatoms. The standard InChI is InChI=1S/C13H15NO4/c15-10-2-4-13(16)14(8-10)9-1-3-11-12(7-9)18-6-5-17-11/h1,3,7,10,15H,2,4-6,8H2. The van der Waals surface area contributed by atoms with Crippen molar-refractivity contribution in [2.45, 2.75) is 18.9 Å². The van der Waals surface area contributed by atoms with Crippen molar-refractivity contribution >= 4 is 11.6 Å². The first kappa shape index (κ1) is 11.3. The number of hydrogen-bond donors (Lipinski definition) is 1. The Kier molecular flexibility index (Phi) is 2.83. The van der Waals surface area contributed by atoms with Crippen LogP contribution in [-0.2, 0) is 4.79 Å². The predicted octanol–water partition coefficient (Wildman–Crippen LogP) is 0.946. The van der Waals surface area contributed by atoms with E-state index in [2.05, 4.69) is 0 Å². The fourth-order valence-electron chi connectivity index (χ4n) is 2.28. The van der Waals surface area contributed by atoms with Crippen LogP contribution in [0.4, 0.5) is 5.69 Å². The molecule has 1 aromatic carbocycles. The van der Waals surface area contributed by atoms with Crippen LogP contribution in [0.2, 0.25) is 0 Å². The lowest BCUT2D eigenvalue weighted by Crippen LogP contribution is -2.42. The van der Waals surface area contributed by atoms with Crippen LogP contribution in [0.5, 0.6) is 11.5 Å². The largest absolute Gasteiger partial charge is 0.486 e. The van der Waals surface area contributed by atoms with Gasteiger partial charge in [-0.05, 0) is 18.6 Å². The molecule has 1 atom stereocenters. The van der Waals surface area contributed by atoms with E-state index in [1.165, 1.54) is 0 Å². The Morgan fingerprint density at radius 3 is 2.83 bits per heavy atom. The van der Waals surface area contributed by atoms with E-state index in [9.17, 15) is 9.90 Å². The molecule has 18 heavy (non-hydrogen) atoms. The van der Waals surface area contributed by atoms with Gasteiger partial charge in [0.2, 0.25) is 5.91 Å². The Morgan fingerprint density at radius 2 is 2.00 bits per heavy atom. The molecule has 0 aromatic heterocycles. The average Bonchev–Trinajstić information content (AvgIpc) is 2.41. The van der Waals surface area contributed by atoms with Crippen molar-refractivity contribution in [3.63, 3.8) is 0 Å². The van der Waals surface area contributed by atoms with Crippen LogP contribution in [0.1, 0.15) is 12.8 Å². The summed E-state index contributed by atoms with van der Waals surface area (Å²) in [7, 11) is 0. The van der Waals surface area contributed by atoms with Gasteiger partial charge >= 0.3 is 0 Å². The lowest BCUT2D eigenvalue weighted by molar-refractivity contribution is -0.121. The zero-order chi connectivity index (χ0) is 12.5. The van der Waals surface area contributed by atoms with E-state index >= 15 is 0 Å². The van der Waals surface area contributed by atoms with Crippen LogP contribution in [0.3, 0.4) is 0 Å². The molecule has 0 spiro atoms. The highest BCUT2D eigenvalue weighted by molar-refractivity contribution is 5.94. The first-order valence-electron chi connectivity index (χ1n) is 6.12. The molecule has 0 saturated carbocycles. The number of piperidine rings is 1. The van der Waals surface area contributed by atoms with Gasteiger partial charge in [0.15, 0.2) is 11.5 Å². The molecule has 96 valence electrons. The Morgan fingerprint density at radius 1 is 1.22 bits per heavy atom. The highest BCUT2D eigenvalue weighted by atomic mass is 16.6. The lowest BCUT2D eigenvalue weighted by atomic mass is 10.1. The number of carbonyl (C=O) groups is 1. The van der Waals surface area contributed by atoms with Gasteiger partial charge in [0.1, 0.15) is 13.2 Å². The number of hydrogen-bond acceptors (Lipinski definition) is 4. The topological polar surface area (TPSA) is 59.0 Å². The predicted molar refractivity (Wildman–Crippen MR) is 65.0 cm³/mol. The quantitative estimate of drug-likeness (QED) is 0.805. The Balaban J connectivity index is 1.89. The van der Waals surface area contributed by atoms with Gasteiger partial charge in [-0.15, -0.1) is 0 Å². The summed E-state index contributed by atoms with van der Waals surface area (Å²) in [6.07, 6.45) is 0.478. The lowest BCUT2D eigenvalue weighted by Gasteiger charge is -2.31. The second kappa shape index (κ2) is 4.49. The summed E-state index contributed by atoms with van der Waals surface area (Å²) in [6, 6.07) is 5.42. The molecule has 3 rings (SSSR count). The molecule has 5 nitrogen and oxygen atoms in total. The van der Waals surface area contributed by atoms with Gasteiger partial charge in [-0.3, -0.25) is 4.79 Å². The molecule has 0 radical (unpaired) electrons. The normalized spacial score (nSPS) is 23.1. The minimum absolute atomic E-state index is 0.0389. The number of benzene rings is 1. The van der Waals surface area contributed by atoms with Gasteiger partial charge in [-0.2, -0.15) is 0 Å². The molecule has 1 saturated heterocycles. The zero-order valence-electron chi connectivity index (χ0n) is 9.96. The summed E-state index contributed by atoms with van der Waals surface area (Å²) < 4.78 is 10.9. The van der Waals surface area contributed by atoms with Crippen molar-refractivity contribution in [2.24, 2.45) is 0 Å². The third kappa shape index (κ3) is 2.01. The van der Waals surface area contributed by atoms with E-state index in [0.29, 0.717) is 44.1 Å². The molecular weight excluding hydrogens is 234 g/mol. The number of fused-ring (bicyclic) bond motifs is 1. The molecule has 0 bridgehead atoms. The van der Waals surface area contributed by atoms with Crippen LogP contribution in [0, 0.1) is 0 Å². The van der Waals surface area contributed by atoms with Crippen molar-refractivity contribution in [2.75, 3.05) is 24.7 Å². The maximum atomic E-state index is 11.9. The number of β-amino-alcohol motifs (C(OH)–C–C–N with tert-alkyl or cyclic N) is 1. The molecule has 1 N–H and O–H groups in total. The number of aliphatic hydroxyl groups is 1. The van der Waals surface area contributed by atoms with E-state index in [-0.39, 0.29) is 5.91 Å². The first-order chi connectivity index (χ1) is 8.74. The van der Waals surface area contributed by atoms with Gasteiger partial charge < -0.3 is 19.5 Å². The van der Waals surface area contributed by atoms with E-state index < -0.39 is 6.10 Å². The number of anilines is 1. The number of nitrogens with zero attached hydrogens (tertiary/aromatic N) is 1. The summed E-state index contributed by atoms with van der Waals surface area (Å²) in [5.41, 5.74) is 0.753. The highest BCUT2D eigenvalue weighted by Gasteiger charge is 2.26. The maximum absolute atomic E-state index is 11.9. The van der Waals surface area contributed by atoms with Crippen LogP contribution in [0.25, 0.3) is 0 Å². The summed E-state index contributed by atoms with van der Waals surface area (Å²) in [6.45, 7) is 1.42. The van der Waals surface area contributed by atoms with Crippen molar-refractivity contribution in [1.82, 2.24) is 0 Å². The summed E-state index contributed by atoms with van der Waals surface area (Å²) >= 11 is 0. The number of ether oxygens (including phenoxy) is 2. The van der Waals surface area contributed by atoms with Crippen molar-refractivity contribution < 1.29 is 19.4 Å². The molecule has 1 fully saturated rings. The maximum Gasteiger partial charge on any atom is 0.227 e. The van der Waals surface area contributed by atoms with Crippen molar-refractivity contribution in [3.05, 3.63) is 18.2 Å². The van der Waals surface area contributed by atoms with E-state index in [0.717, 1.165) is 5.69 Å². The van der Waals surface area contributed by atoms with E-state index in [4.69, 9.17) is 9.47 Å². The summed E-state index contributed by atoms with van der Waals surface area (Å²) in [4.78, 5) is 13.5. The highest BCUT2D eigenvalue weighted by Crippen LogP contribution is 2.34. The van der Waals surface area contributed by atoms with Crippen LogP contribution in [-0.4, -0.2) is 36.9 Å². The first-order valence-corrected chi connectivity index (χ1v) is 6.12. The molecule has 2 heterocycles. The van der Waals surface area contributed by atoms with Crippen molar-refractivity contribution in [1.29, 1.82) is 0 Å². The smallest absolute Gasteiger partial charge is 0.227 e. The second-order valence-electron chi connectivity index (χ2n) is 4.52. The van der Waals surface area contributed by atoms with Crippen LogP contribution >= 0.6 is 0 Å². The average molecular weight is 249 g/mol. The number of carbonyl (C=O) groups excluding carboxylic acids is 1. The molecule has 1 aromatic rings. The monoisotopic (exact) mass is 249 g/mol. The van der Waals surface area contributed by atoms with Crippen molar-refractivity contribution in [3.8, 4) is 11.5 Å². The minimum Gasteiger partial charge on any atom is -0.486 e. The number of rotatable bonds is 1. The van der Waals surface area contributed by atoms with Gasteiger partial charge in [0.05, 0.1) is 12.6 Å². The molecule has 2 aliphatic heterocycles. The Labute approximate surface area is 105 Å². The third-order valence-corrected chi connectivity index (χ3v) is 3.22. The fourth-order valence-corrected chi connectivity index (χ4v) is 2.28. The molecule has 0 aliphatic carbocycles. The van der Waals surface area contributed by atoms with Gasteiger partial charge in [-0.1, -0.05) is 0 Å². The van der Waals surface area contributed by atoms with Crippen LogP contribution < -0.4 is 14.4 Å². The second-order valence-corrected chi connectivity index (χ2v) is 4.52.